The van der Waals surface area contributed by atoms with Crippen molar-refractivity contribution in [2.24, 2.45) is 16.7 Å². The molecule has 3 saturated carbocycles. The van der Waals surface area contributed by atoms with Crippen LogP contribution in [0.5, 0.6) is 0 Å². The minimum Gasteiger partial charge on any atom is -0.454 e. The lowest BCUT2D eigenvalue weighted by Crippen LogP contribution is -2.44. The smallest absolute Gasteiger partial charge is 0.333 e. The molecule has 2 heteroatoms. The van der Waals surface area contributed by atoms with Gasteiger partial charge in [-0.05, 0) is 32.1 Å². The van der Waals surface area contributed by atoms with Gasteiger partial charge < -0.3 is 4.74 Å². The third-order valence-electron chi connectivity index (χ3n) is 5.77. The highest BCUT2D eigenvalue weighted by Gasteiger charge is 2.95. The quantitative estimate of drug-likeness (QED) is 0.513. The summed E-state index contributed by atoms with van der Waals surface area (Å²) in [6.45, 7) is 9.94. The standard InChI is InChI=1S/C13H18O2/c1-8(2)10(14)15-13-7-9-5-6-11(13,3)12(9,13)4/h9H,1,5-7H2,2-4H3. The average molecular weight is 206 g/mol. The minimum atomic E-state index is -0.203. The fraction of sp³-hybridized carbons (Fsp3) is 0.769. The van der Waals surface area contributed by atoms with Crippen LogP contribution in [0, 0.1) is 16.7 Å². The fourth-order valence-electron chi connectivity index (χ4n) is 4.53. The molecule has 0 aromatic carbocycles. The first-order valence-electron chi connectivity index (χ1n) is 5.78. The first-order valence-corrected chi connectivity index (χ1v) is 5.78. The molecule has 0 radical (unpaired) electrons. The summed E-state index contributed by atoms with van der Waals surface area (Å²) in [7, 11) is 0. The minimum absolute atomic E-state index is 0.126. The first-order chi connectivity index (χ1) is 6.89. The number of hydrogen-bond donors (Lipinski definition) is 0. The van der Waals surface area contributed by atoms with E-state index in [0.717, 1.165) is 12.3 Å². The molecule has 0 amide bonds. The third kappa shape index (κ3) is 0.658. The second-order valence-corrected chi connectivity index (χ2v) is 5.97. The molecule has 3 fully saturated rings. The molecule has 0 spiro atoms. The molecular weight excluding hydrogens is 188 g/mol. The van der Waals surface area contributed by atoms with Gasteiger partial charge in [0, 0.05) is 16.4 Å². The van der Waals surface area contributed by atoms with Crippen LogP contribution >= 0.6 is 0 Å². The Morgan fingerprint density at radius 3 is 2.53 bits per heavy atom. The van der Waals surface area contributed by atoms with Gasteiger partial charge in [0.2, 0.25) is 0 Å². The first kappa shape index (κ1) is 9.44. The predicted octanol–water partition coefficient (Wildman–Crippen LogP) is 2.68. The molecule has 4 atom stereocenters. The zero-order valence-corrected chi connectivity index (χ0v) is 9.72. The van der Waals surface area contributed by atoms with Crippen LogP contribution in [0.2, 0.25) is 0 Å². The van der Waals surface area contributed by atoms with Crippen molar-refractivity contribution in [1.29, 1.82) is 0 Å². The van der Waals surface area contributed by atoms with Crippen molar-refractivity contribution in [3.05, 3.63) is 12.2 Å². The molecule has 3 aliphatic rings. The van der Waals surface area contributed by atoms with E-state index in [1.165, 1.54) is 12.8 Å². The van der Waals surface area contributed by atoms with Crippen molar-refractivity contribution < 1.29 is 9.53 Å². The van der Waals surface area contributed by atoms with Crippen LogP contribution in [0.3, 0.4) is 0 Å². The highest BCUT2D eigenvalue weighted by molar-refractivity contribution is 5.88. The highest BCUT2D eigenvalue weighted by Crippen LogP contribution is 2.92. The van der Waals surface area contributed by atoms with Crippen LogP contribution in [-0.4, -0.2) is 11.6 Å². The molecule has 82 valence electrons. The highest BCUT2D eigenvalue weighted by atomic mass is 16.6. The number of carbonyl (C=O) groups is 1. The number of esters is 1. The van der Waals surface area contributed by atoms with Crippen LogP contribution in [0.25, 0.3) is 0 Å². The molecule has 4 unspecified atom stereocenters. The van der Waals surface area contributed by atoms with Crippen LogP contribution in [-0.2, 0) is 9.53 Å². The maximum absolute atomic E-state index is 11.6. The van der Waals surface area contributed by atoms with Crippen molar-refractivity contribution in [1.82, 2.24) is 0 Å². The second-order valence-electron chi connectivity index (χ2n) is 5.97. The topological polar surface area (TPSA) is 26.3 Å². The number of rotatable bonds is 2. The van der Waals surface area contributed by atoms with Crippen LogP contribution in [0.15, 0.2) is 12.2 Å². The summed E-state index contributed by atoms with van der Waals surface area (Å²) in [5.41, 5.74) is 0.935. The fourth-order valence-corrected chi connectivity index (χ4v) is 4.53. The molecule has 0 bridgehead atoms. The summed E-state index contributed by atoms with van der Waals surface area (Å²) in [4.78, 5) is 11.6. The second kappa shape index (κ2) is 2.16. The van der Waals surface area contributed by atoms with E-state index < -0.39 is 0 Å². The van der Waals surface area contributed by atoms with Crippen molar-refractivity contribution in [2.45, 2.75) is 45.6 Å². The summed E-state index contributed by atoms with van der Waals surface area (Å²) in [5.74, 6) is 0.589. The molecular formula is C13H18O2. The summed E-state index contributed by atoms with van der Waals surface area (Å²) in [6.07, 6.45) is 3.62. The van der Waals surface area contributed by atoms with Gasteiger partial charge in [-0.3, -0.25) is 0 Å². The van der Waals surface area contributed by atoms with E-state index >= 15 is 0 Å². The van der Waals surface area contributed by atoms with Gasteiger partial charge in [0.05, 0.1) is 0 Å². The van der Waals surface area contributed by atoms with Crippen molar-refractivity contribution in [2.75, 3.05) is 0 Å². The Hall–Kier alpha value is -0.790. The van der Waals surface area contributed by atoms with Gasteiger partial charge in [-0.2, -0.15) is 0 Å². The van der Waals surface area contributed by atoms with E-state index in [0.29, 0.717) is 5.57 Å². The van der Waals surface area contributed by atoms with Gasteiger partial charge in [0.25, 0.3) is 0 Å². The van der Waals surface area contributed by atoms with E-state index in [4.69, 9.17) is 4.74 Å². The van der Waals surface area contributed by atoms with Gasteiger partial charge in [0.1, 0.15) is 5.60 Å². The number of carbonyl (C=O) groups excluding carboxylic acids is 1. The molecule has 0 aromatic heterocycles. The van der Waals surface area contributed by atoms with Crippen LogP contribution < -0.4 is 0 Å². The molecule has 0 heterocycles. The third-order valence-corrected chi connectivity index (χ3v) is 5.77. The Balaban J connectivity index is 1.86. The molecule has 0 N–H and O–H groups in total. The Morgan fingerprint density at radius 1 is 1.47 bits per heavy atom. The maximum Gasteiger partial charge on any atom is 0.333 e. The van der Waals surface area contributed by atoms with Crippen molar-refractivity contribution >= 4 is 5.97 Å². The summed E-state index contributed by atoms with van der Waals surface area (Å²) >= 11 is 0. The molecule has 15 heavy (non-hydrogen) atoms. The molecule has 3 rings (SSSR count). The monoisotopic (exact) mass is 206 g/mol. The average Bonchev–Trinajstić information content (AvgIpc) is 2.35. The van der Waals surface area contributed by atoms with Gasteiger partial charge in [0.15, 0.2) is 0 Å². The van der Waals surface area contributed by atoms with Crippen LogP contribution in [0.1, 0.15) is 40.0 Å². The number of hydrogen-bond acceptors (Lipinski definition) is 2. The summed E-state index contributed by atoms with van der Waals surface area (Å²) in [6, 6.07) is 0. The predicted molar refractivity (Wildman–Crippen MR) is 57.2 cm³/mol. The van der Waals surface area contributed by atoms with E-state index in [1.54, 1.807) is 6.92 Å². The molecule has 3 aliphatic carbocycles. The summed E-state index contributed by atoms with van der Waals surface area (Å²) < 4.78 is 5.71. The summed E-state index contributed by atoms with van der Waals surface area (Å²) in [5, 5.41) is 0. The van der Waals surface area contributed by atoms with Crippen molar-refractivity contribution in [3.63, 3.8) is 0 Å². The lowest BCUT2D eigenvalue weighted by atomic mass is 9.70. The number of fused-ring (bicyclic) bond motifs is 1. The Kier molecular flexibility index (Phi) is 1.36. The van der Waals surface area contributed by atoms with Crippen molar-refractivity contribution in [3.8, 4) is 0 Å². The molecule has 0 aromatic rings. The normalized spacial score (nSPS) is 54.2. The SMILES string of the molecule is C=C(C)C(=O)OC12CC3CCC1(C)C32C. The lowest BCUT2D eigenvalue weighted by molar-refractivity contribution is -0.162. The Labute approximate surface area is 90.7 Å². The zero-order valence-electron chi connectivity index (χ0n) is 9.72. The molecule has 0 saturated heterocycles. The van der Waals surface area contributed by atoms with E-state index in [9.17, 15) is 4.79 Å². The van der Waals surface area contributed by atoms with E-state index in [2.05, 4.69) is 20.4 Å². The zero-order chi connectivity index (χ0) is 11.1. The Bertz CT molecular complexity index is 376. The lowest BCUT2D eigenvalue weighted by Gasteiger charge is -2.41. The van der Waals surface area contributed by atoms with Gasteiger partial charge in [-0.1, -0.05) is 20.4 Å². The molecule has 0 aliphatic heterocycles. The maximum atomic E-state index is 11.6. The van der Waals surface area contributed by atoms with Gasteiger partial charge in [-0.15, -0.1) is 0 Å². The van der Waals surface area contributed by atoms with E-state index in [-0.39, 0.29) is 22.4 Å². The van der Waals surface area contributed by atoms with E-state index in [1.807, 2.05) is 0 Å². The Morgan fingerprint density at radius 2 is 2.13 bits per heavy atom. The largest absolute Gasteiger partial charge is 0.454 e. The molecule has 2 nitrogen and oxygen atoms in total. The van der Waals surface area contributed by atoms with Gasteiger partial charge in [-0.25, -0.2) is 4.79 Å². The van der Waals surface area contributed by atoms with Crippen LogP contribution in [0.4, 0.5) is 0 Å². The van der Waals surface area contributed by atoms with Gasteiger partial charge >= 0.3 is 5.97 Å². The number of ether oxygens (including phenoxy) is 1.